The summed E-state index contributed by atoms with van der Waals surface area (Å²) in [5.41, 5.74) is 2.35. The molecule has 5 aliphatic heterocycles. The average molecular weight is 608 g/mol. The third-order valence-corrected chi connectivity index (χ3v) is 10.4. The summed E-state index contributed by atoms with van der Waals surface area (Å²) < 4.78 is 13.5. The van der Waals surface area contributed by atoms with Crippen LogP contribution in [0.5, 0.6) is 0 Å². The van der Waals surface area contributed by atoms with E-state index in [-0.39, 0.29) is 30.3 Å². The molecule has 2 bridgehead atoms. The molecule has 0 aliphatic carbocycles. The second-order valence-electron chi connectivity index (χ2n) is 14.4. The van der Waals surface area contributed by atoms with E-state index in [0.717, 1.165) is 114 Å². The molecular formula is C32H49N9O3. The van der Waals surface area contributed by atoms with Crippen LogP contribution >= 0.6 is 0 Å². The van der Waals surface area contributed by atoms with Gasteiger partial charge in [-0.05, 0) is 58.5 Å². The van der Waals surface area contributed by atoms with Gasteiger partial charge in [-0.2, -0.15) is 19.6 Å². The molecule has 5 aliphatic rings. The molecule has 2 aromatic rings. The van der Waals surface area contributed by atoms with E-state index in [1.165, 1.54) is 0 Å². The summed E-state index contributed by atoms with van der Waals surface area (Å²) in [4.78, 5) is 32.2. The lowest BCUT2D eigenvalue weighted by Crippen LogP contribution is -2.59. The zero-order valence-corrected chi connectivity index (χ0v) is 26.8. The number of fused-ring (bicyclic) bond motifs is 3. The van der Waals surface area contributed by atoms with Gasteiger partial charge in [0.25, 0.3) is 0 Å². The van der Waals surface area contributed by atoms with Crippen molar-refractivity contribution in [3.05, 3.63) is 23.9 Å². The van der Waals surface area contributed by atoms with Gasteiger partial charge in [-0.3, -0.25) is 4.90 Å². The number of aromatic nitrogens is 4. The SMILES string of the molecule is CC(C)c1cnn2c(NC3CC4CCC(C3)N4C(=O)OC3CN(C/C=C/CN(C)C)C3)nc(N3CC4(CCOCC4)C3)nc12. The number of nitrogens with one attached hydrogen (secondary N) is 1. The summed E-state index contributed by atoms with van der Waals surface area (Å²) in [5, 5.41) is 8.47. The zero-order valence-electron chi connectivity index (χ0n) is 26.8. The molecular weight excluding hydrogens is 558 g/mol. The lowest BCUT2D eigenvalue weighted by molar-refractivity contribution is -0.0306. The Kier molecular flexibility index (Phi) is 8.17. The van der Waals surface area contributed by atoms with Crippen LogP contribution in [0.15, 0.2) is 18.3 Å². The van der Waals surface area contributed by atoms with Crippen molar-refractivity contribution in [2.45, 2.75) is 82.5 Å². The second kappa shape index (κ2) is 12.1. The van der Waals surface area contributed by atoms with E-state index >= 15 is 0 Å². The highest BCUT2D eigenvalue weighted by atomic mass is 16.6. The van der Waals surface area contributed by atoms with Gasteiger partial charge in [0, 0.05) is 81.6 Å². The van der Waals surface area contributed by atoms with Gasteiger partial charge in [0.15, 0.2) is 5.65 Å². The third kappa shape index (κ3) is 5.88. The van der Waals surface area contributed by atoms with E-state index in [1.54, 1.807) is 0 Å². The van der Waals surface area contributed by atoms with Crippen molar-refractivity contribution in [2.75, 3.05) is 76.8 Å². The molecule has 7 rings (SSSR count). The minimum atomic E-state index is -0.135. The van der Waals surface area contributed by atoms with Gasteiger partial charge in [-0.25, -0.2) is 4.79 Å². The van der Waals surface area contributed by atoms with Crippen LogP contribution in [0.4, 0.5) is 16.7 Å². The topological polar surface area (TPSA) is 104 Å². The van der Waals surface area contributed by atoms with Crippen LogP contribution in [-0.2, 0) is 9.47 Å². The normalized spacial score (nSPS) is 27.1. The van der Waals surface area contributed by atoms with Crippen molar-refractivity contribution in [3.8, 4) is 0 Å². The number of amides is 1. The maximum atomic E-state index is 13.3. The summed E-state index contributed by atoms with van der Waals surface area (Å²) in [7, 11) is 4.13. The van der Waals surface area contributed by atoms with Crippen LogP contribution in [0.1, 0.15) is 63.9 Å². The van der Waals surface area contributed by atoms with Gasteiger partial charge in [0.2, 0.25) is 11.9 Å². The standard InChI is InChI=1S/C32H49N9O3/c1-22(2)27-17-33-41-28(27)35-29(39-20-32(21-39)9-13-43-14-10-32)36-30(41)34-23-15-24-7-8-25(16-23)40(24)31(42)44-26-18-38(19-26)12-6-5-11-37(3)4/h5-6,17,22-26H,7-16,18-21H2,1-4H3,(H,34,35,36)/b6-5+. The highest BCUT2D eigenvalue weighted by molar-refractivity contribution is 5.69. The number of likely N-dealkylation sites (N-methyl/N-ethyl adjacent to an activating group) is 1. The number of piperidine rings is 1. The van der Waals surface area contributed by atoms with Crippen molar-refractivity contribution in [3.63, 3.8) is 0 Å². The first-order valence-electron chi connectivity index (χ1n) is 16.6. The fraction of sp³-hybridized carbons (Fsp3) is 0.750. The molecule has 2 aromatic heterocycles. The van der Waals surface area contributed by atoms with Crippen LogP contribution in [-0.4, -0.2) is 131 Å². The number of hydrogen-bond donors (Lipinski definition) is 1. The lowest BCUT2D eigenvalue weighted by Gasteiger charge is -2.52. The summed E-state index contributed by atoms with van der Waals surface area (Å²) in [6.07, 6.45) is 12.2. The number of nitrogens with zero attached hydrogens (tertiary/aromatic N) is 8. The van der Waals surface area contributed by atoms with E-state index in [2.05, 4.69) is 60.1 Å². The first-order chi connectivity index (χ1) is 21.3. The minimum absolute atomic E-state index is 0.00975. The smallest absolute Gasteiger partial charge is 0.410 e. The van der Waals surface area contributed by atoms with Crippen LogP contribution < -0.4 is 10.2 Å². The number of rotatable bonds is 9. The molecule has 44 heavy (non-hydrogen) atoms. The van der Waals surface area contributed by atoms with Crippen LogP contribution in [0.3, 0.4) is 0 Å². The fourth-order valence-electron chi connectivity index (χ4n) is 7.79. The van der Waals surface area contributed by atoms with Gasteiger partial charge < -0.3 is 29.5 Å². The predicted octanol–water partition coefficient (Wildman–Crippen LogP) is 3.21. The second-order valence-corrected chi connectivity index (χ2v) is 14.4. The Labute approximate surface area is 260 Å². The summed E-state index contributed by atoms with van der Waals surface area (Å²) in [5.74, 6) is 1.85. The fourth-order valence-corrected chi connectivity index (χ4v) is 7.79. The molecule has 12 nitrogen and oxygen atoms in total. The van der Waals surface area contributed by atoms with Crippen LogP contribution in [0.25, 0.3) is 5.65 Å². The number of anilines is 2. The molecule has 0 aromatic carbocycles. The average Bonchev–Trinajstić information content (AvgIpc) is 3.51. The predicted molar refractivity (Wildman–Crippen MR) is 169 cm³/mol. The molecule has 5 saturated heterocycles. The molecule has 1 amide bonds. The van der Waals surface area contributed by atoms with Gasteiger partial charge in [-0.15, -0.1) is 0 Å². The van der Waals surface area contributed by atoms with E-state index in [1.807, 2.05) is 15.6 Å². The monoisotopic (exact) mass is 607 g/mol. The number of carbonyl (C=O) groups is 1. The Morgan fingerprint density at radius 3 is 2.55 bits per heavy atom. The summed E-state index contributed by atoms with van der Waals surface area (Å²) in [6, 6.07) is 0.585. The molecule has 0 radical (unpaired) electrons. The van der Waals surface area contributed by atoms with E-state index in [0.29, 0.717) is 11.3 Å². The van der Waals surface area contributed by atoms with Crippen LogP contribution in [0, 0.1) is 5.41 Å². The van der Waals surface area contributed by atoms with Crippen molar-refractivity contribution >= 4 is 23.6 Å². The van der Waals surface area contributed by atoms with Crippen molar-refractivity contribution < 1.29 is 14.3 Å². The van der Waals surface area contributed by atoms with Crippen LogP contribution in [0.2, 0.25) is 0 Å². The minimum Gasteiger partial charge on any atom is -0.443 e. The highest BCUT2D eigenvalue weighted by Crippen LogP contribution is 2.42. The maximum Gasteiger partial charge on any atom is 0.410 e. The molecule has 5 fully saturated rings. The Balaban J connectivity index is 0.985. The Morgan fingerprint density at radius 1 is 1.14 bits per heavy atom. The number of carbonyl (C=O) groups excluding carboxylic acids is 1. The number of likely N-dealkylation sites (tertiary alicyclic amines) is 1. The molecule has 1 spiro atoms. The van der Waals surface area contributed by atoms with Crippen molar-refractivity contribution in [1.29, 1.82) is 0 Å². The van der Waals surface area contributed by atoms with Crippen molar-refractivity contribution in [1.82, 2.24) is 34.3 Å². The zero-order chi connectivity index (χ0) is 30.4. The Morgan fingerprint density at radius 2 is 1.86 bits per heavy atom. The molecule has 12 heteroatoms. The molecule has 0 saturated carbocycles. The van der Waals surface area contributed by atoms with Gasteiger partial charge in [0.05, 0.1) is 6.20 Å². The molecule has 2 unspecified atom stereocenters. The largest absolute Gasteiger partial charge is 0.443 e. The lowest BCUT2D eigenvalue weighted by atomic mass is 9.73. The molecule has 7 heterocycles. The summed E-state index contributed by atoms with van der Waals surface area (Å²) >= 11 is 0. The Hall–Kier alpha value is -2.96. The highest BCUT2D eigenvalue weighted by Gasteiger charge is 2.47. The first kappa shape index (κ1) is 29.7. The van der Waals surface area contributed by atoms with Crippen molar-refractivity contribution in [2.24, 2.45) is 5.41 Å². The quantitative estimate of drug-likeness (QED) is 0.428. The van der Waals surface area contributed by atoms with Gasteiger partial charge in [-0.1, -0.05) is 26.0 Å². The maximum absolute atomic E-state index is 13.3. The molecule has 240 valence electrons. The van der Waals surface area contributed by atoms with Gasteiger partial charge >= 0.3 is 6.09 Å². The van der Waals surface area contributed by atoms with E-state index in [9.17, 15) is 4.79 Å². The first-order valence-corrected chi connectivity index (χ1v) is 16.6. The molecule has 1 N–H and O–H groups in total. The number of ether oxygens (including phenoxy) is 2. The van der Waals surface area contributed by atoms with Gasteiger partial charge in [0.1, 0.15) is 6.10 Å². The molecule has 2 atom stereocenters. The summed E-state index contributed by atoms with van der Waals surface area (Å²) in [6.45, 7) is 11.5. The number of hydrogen-bond acceptors (Lipinski definition) is 10. The Bertz CT molecular complexity index is 1340. The van der Waals surface area contributed by atoms with E-state index < -0.39 is 0 Å². The van der Waals surface area contributed by atoms with E-state index in [4.69, 9.17) is 24.5 Å². The third-order valence-electron chi connectivity index (χ3n) is 10.4.